The van der Waals surface area contributed by atoms with Crippen molar-refractivity contribution >= 4 is 11.8 Å². The highest BCUT2D eigenvalue weighted by Crippen LogP contribution is 2.24. The minimum absolute atomic E-state index is 0.231. The molecule has 8 nitrogen and oxygen atoms in total. The number of rotatable bonds is 6. The molecule has 26 heavy (non-hydrogen) atoms. The average molecular weight is 369 g/mol. The SMILES string of the molecule is C#CCSc1nnc(Cc2cc(=O)[nH]c(=O)[nH]2)n1-c1ccc(OC)cc1. The molecule has 9 heteroatoms. The monoisotopic (exact) mass is 369 g/mol. The van der Waals surface area contributed by atoms with Crippen molar-refractivity contribution in [2.45, 2.75) is 11.6 Å². The Balaban J connectivity index is 2.04. The number of thioether (sulfide) groups is 1. The number of aromatic amines is 2. The second-order valence-corrected chi connectivity index (χ2v) is 6.16. The smallest absolute Gasteiger partial charge is 0.325 e. The lowest BCUT2D eigenvalue weighted by Crippen LogP contribution is -2.23. The Kier molecular flexibility index (Phi) is 5.24. The maximum absolute atomic E-state index is 11.5. The number of H-pyrrole nitrogens is 2. The Labute approximate surface area is 152 Å². The molecule has 0 fully saturated rings. The first-order valence-electron chi connectivity index (χ1n) is 7.58. The van der Waals surface area contributed by atoms with Crippen molar-refractivity contribution in [3.05, 3.63) is 62.7 Å². The number of methoxy groups -OCH3 is 1. The number of nitrogens with zero attached hydrogens (tertiary/aromatic N) is 3. The summed E-state index contributed by atoms with van der Waals surface area (Å²) < 4.78 is 7.02. The number of terminal acetylenes is 1. The lowest BCUT2D eigenvalue weighted by Gasteiger charge is -2.10. The van der Waals surface area contributed by atoms with E-state index in [1.807, 2.05) is 28.8 Å². The number of ether oxygens (including phenoxy) is 1. The Bertz CT molecular complexity index is 1030. The van der Waals surface area contributed by atoms with E-state index in [4.69, 9.17) is 11.2 Å². The molecule has 2 heterocycles. The quantitative estimate of drug-likeness (QED) is 0.495. The van der Waals surface area contributed by atoms with Gasteiger partial charge in [-0.25, -0.2) is 4.79 Å². The van der Waals surface area contributed by atoms with E-state index in [1.54, 1.807) is 7.11 Å². The second-order valence-electron chi connectivity index (χ2n) is 5.21. The van der Waals surface area contributed by atoms with Gasteiger partial charge in [0.1, 0.15) is 11.6 Å². The Morgan fingerprint density at radius 1 is 1.23 bits per heavy atom. The van der Waals surface area contributed by atoms with Crippen molar-refractivity contribution in [1.82, 2.24) is 24.7 Å². The molecular formula is C17H15N5O3S. The molecule has 3 aromatic rings. The first-order chi connectivity index (χ1) is 12.6. The van der Waals surface area contributed by atoms with E-state index in [2.05, 4.69) is 26.1 Å². The van der Waals surface area contributed by atoms with E-state index in [-0.39, 0.29) is 6.42 Å². The van der Waals surface area contributed by atoms with Gasteiger partial charge in [-0.3, -0.25) is 14.3 Å². The van der Waals surface area contributed by atoms with E-state index in [0.29, 0.717) is 22.4 Å². The standard InChI is InChI=1S/C17H15N5O3S/c1-3-8-26-17-21-20-14(9-11-10-15(23)19-16(24)18-11)22(17)12-4-6-13(25-2)7-5-12/h1,4-7,10H,8-9H2,2H3,(H2,18,19,23,24). The zero-order valence-electron chi connectivity index (χ0n) is 13.9. The predicted octanol–water partition coefficient (Wildman–Crippen LogP) is 0.969. The predicted molar refractivity (Wildman–Crippen MR) is 98.0 cm³/mol. The lowest BCUT2D eigenvalue weighted by atomic mass is 10.2. The number of hydrogen-bond donors (Lipinski definition) is 2. The molecule has 0 saturated heterocycles. The molecule has 0 saturated carbocycles. The summed E-state index contributed by atoms with van der Waals surface area (Å²) in [6, 6.07) is 8.70. The van der Waals surface area contributed by atoms with E-state index < -0.39 is 11.2 Å². The van der Waals surface area contributed by atoms with Crippen molar-refractivity contribution in [3.63, 3.8) is 0 Å². The van der Waals surface area contributed by atoms with Crippen LogP contribution in [0, 0.1) is 12.3 Å². The summed E-state index contributed by atoms with van der Waals surface area (Å²) in [5.41, 5.74) is 0.220. The topological polar surface area (TPSA) is 106 Å². The third kappa shape index (κ3) is 3.87. The summed E-state index contributed by atoms with van der Waals surface area (Å²) in [5, 5.41) is 9.01. The van der Waals surface area contributed by atoms with Crippen LogP contribution in [0.15, 0.2) is 45.1 Å². The van der Waals surface area contributed by atoms with Crippen molar-refractivity contribution in [3.8, 4) is 23.8 Å². The van der Waals surface area contributed by atoms with Crippen LogP contribution in [-0.4, -0.2) is 37.6 Å². The fourth-order valence-corrected chi connectivity index (χ4v) is 3.04. The molecule has 0 unspecified atom stereocenters. The summed E-state index contributed by atoms with van der Waals surface area (Å²) >= 11 is 1.37. The molecule has 3 rings (SSSR count). The summed E-state index contributed by atoms with van der Waals surface area (Å²) in [7, 11) is 1.59. The van der Waals surface area contributed by atoms with Gasteiger partial charge in [0.2, 0.25) is 0 Å². The van der Waals surface area contributed by atoms with Gasteiger partial charge in [0.25, 0.3) is 5.56 Å². The Hall–Kier alpha value is -3.25. The lowest BCUT2D eigenvalue weighted by molar-refractivity contribution is 0.414. The molecule has 2 N–H and O–H groups in total. The molecule has 1 aromatic carbocycles. The van der Waals surface area contributed by atoms with Crippen molar-refractivity contribution in [1.29, 1.82) is 0 Å². The Morgan fingerprint density at radius 2 is 2.00 bits per heavy atom. The number of aromatic nitrogens is 5. The number of benzene rings is 1. The van der Waals surface area contributed by atoms with E-state index in [9.17, 15) is 9.59 Å². The van der Waals surface area contributed by atoms with Gasteiger partial charge in [-0.2, -0.15) is 0 Å². The molecule has 132 valence electrons. The average Bonchev–Trinajstić information content (AvgIpc) is 3.01. The second kappa shape index (κ2) is 7.76. The largest absolute Gasteiger partial charge is 0.497 e. The van der Waals surface area contributed by atoms with E-state index in [0.717, 1.165) is 11.4 Å². The zero-order chi connectivity index (χ0) is 18.5. The van der Waals surface area contributed by atoms with Crippen LogP contribution in [0.25, 0.3) is 5.69 Å². The summed E-state index contributed by atoms with van der Waals surface area (Å²) in [5.74, 6) is 4.28. The molecule has 0 bridgehead atoms. The van der Waals surface area contributed by atoms with Gasteiger partial charge in [0.15, 0.2) is 5.16 Å². The van der Waals surface area contributed by atoms with Gasteiger partial charge in [-0.05, 0) is 24.3 Å². The molecule has 0 aliphatic carbocycles. The van der Waals surface area contributed by atoms with Gasteiger partial charge < -0.3 is 9.72 Å². The van der Waals surface area contributed by atoms with Crippen LogP contribution in [-0.2, 0) is 6.42 Å². The van der Waals surface area contributed by atoms with Gasteiger partial charge >= 0.3 is 5.69 Å². The van der Waals surface area contributed by atoms with Gasteiger partial charge in [-0.15, -0.1) is 16.6 Å². The highest BCUT2D eigenvalue weighted by molar-refractivity contribution is 7.99. The zero-order valence-corrected chi connectivity index (χ0v) is 14.7. The number of nitrogens with one attached hydrogen (secondary N) is 2. The molecule has 0 radical (unpaired) electrons. The summed E-state index contributed by atoms with van der Waals surface area (Å²) in [6.07, 6.45) is 5.57. The van der Waals surface area contributed by atoms with Crippen LogP contribution in [0.3, 0.4) is 0 Å². The maximum Gasteiger partial charge on any atom is 0.325 e. The maximum atomic E-state index is 11.5. The fourth-order valence-electron chi connectivity index (χ4n) is 2.39. The molecule has 0 aliphatic rings. The fraction of sp³-hybridized carbons (Fsp3) is 0.176. The van der Waals surface area contributed by atoms with Gasteiger partial charge in [0.05, 0.1) is 12.9 Å². The van der Waals surface area contributed by atoms with Gasteiger partial charge in [0, 0.05) is 23.9 Å². The molecule has 0 atom stereocenters. The number of hydrogen-bond acceptors (Lipinski definition) is 6. The van der Waals surface area contributed by atoms with Crippen LogP contribution in [0.5, 0.6) is 5.75 Å². The first kappa shape index (κ1) is 17.6. The molecule has 0 spiro atoms. The van der Waals surface area contributed by atoms with Crippen molar-refractivity contribution in [2.75, 3.05) is 12.9 Å². The van der Waals surface area contributed by atoms with Crippen LogP contribution in [0.1, 0.15) is 11.5 Å². The van der Waals surface area contributed by atoms with Crippen LogP contribution < -0.4 is 16.0 Å². The highest BCUT2D eigenvalue weighted by Gasteiger charge is 2.15. The van der Waals surface area contributed by atoms with Crippen LogP contribution in [0.2, 0.25) is 0 Å². The third-order valence-corrected chi connectivity index (χ3v) is 4.31. The van der Waals surface area contributed by atoms with E-state index >= 15 is 0 Å². The van der Waals surface area contributed by atoms with Crippen LogP contribution in [0.4, 0.5) is 0 Å². The first-order valence-corrected chi connectivity index (χ1v) is 8.57. The third-order valence-electron chi connectivity index (χ3n) is 3.48. The van der Waals surface area contributed by atoms with Crippen LogP contribution >= 0.6 is 11.8 Å². The molecular weight excluding hydrogens is 354 g/mol. The molecule has 0 amide bonds. The minimum atomic E-state index is -0.565. The summed E-state index contributed by atoms with van der Waals surface area (Å²) in [6.45, 7) is 0. The normalized spacial score (nSPS) is 10.5. The highest BCUT2D eigenvalue weighted by atomic mass is 32.2. The van der Waals surface area contributed by atoms with Crippen molar-refractivity contribution < 1.29 is 4.74 Å². The Morgan fingerprint density at radius 3 is 2.65 bits per heavy atom. The van der Waals surface area contributed by atoms with Crippen molar-refractivity contribution in [2.24, 2.45) is 0 Å². The van der Waals surface area contributed by atoms with E-state index in [1.165, 1.54) is 17.8 Å². The summed E-state index contributed by atoms with van der Waals surface area (Å²) in [4.78, 5) is 27.7. The molecule has 2 aromatic heterocycles. The minimum Gasteiger partial charge on any atom is -0.497 e. The van der Waals surface area contributed by atoms with Gasteiger partial charge in [-0.1, -0.05) is 17.7 Å². The molecule has 0 aliphatic heterocycles.